The summed E-state index contributed by atoms with van der Waals surface area (Å²) in [5, 5.41) is 5.93. The molecule has 0 aliphatic rings. The lowest BCUT2D eigenvalue weighted by Crippen LogP contribution is -1.95. The van der Waals surface area contributed by atoms with Crippen LogP contribution in [0.2, 0.25) is 0 Å². The Bertz CT molecular complexity index is 508. The predicted octanol–water partition coefficient (Wildman–Crippen LogP) is 0.914. The molecule has 1 heterocycles. The van der Waals surface area contributed by atoms with E-state index in [0.717, 1.165) is 6.07 Å². The van der Waals surface area contributed by atoms with Gasteiger partial charge >= 0.3 is 0 Å². The average molecular weight is 211 g/mol. The standard InChI is InChI=1S/C8H7F2N5/c9-4-2-5(10)6(11)1-3(4)7-13-8(12)15-14-7/h1-2H,11H2,(H3,12,13,14,15). The average Bonchev–Trinajstić information content (AvgIpc) is 2.58. The minimum atomic E-state index is -0.816. The summed E-state index contributed by atoms with van der Waals surface area (Å²) >= 11 is 0. The molecule has 1 aromatic heterocycles. The highest BCUT2D eigenvalue weighted by Crippen LogP contribution is 2.24. The summed E-state index contributed by atoms with van der Waals surface area (Å²) in [5.74, 6) is -1.51. The molecule has 0 spiro atoms. The molecular formula is C8H7F2N5. The van der Waals surface area contributed by atoms with Crippen LogP contribution in [0.5, 0.6) is 0 Å². The molecule has 5 N–H and O–H groups in total. The van der Waals surface area contributed by atoms with Gasteiger partial charge in [0.05, 0.1) is 11.3 Å². The van der Waals surface area contributed by atoms with E-state index < -0.39 is 11.6 Å². The maximum absolute atomic E-state index is 13.3. The largest absolute Gasteiger partial charge is 0.396 e. The van der Waals surface area contributed by atoms with Crippen LogP contribution >= 0.6 is 0 Å². The third-order valence-electron chi connectivity index (χ3n) is 1.84. The van der Waals surface area contributed by atoms with Gasteiger partial charge in [0.25, 0.3) is 0 Å². The first kappa shape index (κ1) is 9.38. The van der Waals surface area contributed by atoms with Gasteiger partial charge in [-0.05, 0) is 6.07 Å². The lowest BCUT2D eigenvalue weighted by atomic mass is 10.1. The Morgan fingerprint density at radius 2 is 1.87 bits per heavy atom. The first-order valence-electron chi connectivity index (χ1n) is 4.00. The SMILES string of the molecule is Nc1n[nH]c(-c2cc(N)c(F)cc2F)n1. The Morgan fingerprint density at radius 3 is 2.47 bits per heavy atom. The third-order valence-corrected chi connectivity index (χ3v) is 1.84. The summed E-state index contributed by atoms with van der Waals surface area (Å²) in [7, 11) is 0. The summed E-state index contributed by atoms with van der Waals surface area (Å²) in [6, 6.07) is 1.81. The highest BCUT2D eigenvalue weighted by atomic mass is 19.1. The van der Waals surface area contributed by atoms with Gasteiger partial charge in [0.1, 0.15) is 11.6 Å². The van der Waals surface area contributed by atoms with Crippen LogP contribution in [-0.4, -0.2) is 15.2 Å². The van der Waals surface area contributed by atoms with E-state index in [9.17, 15) is 8.78 Å². The van der Waals surface area contributed by atoms with Crippen molar-refractivity contribution in [1.29, 1.82) is 0 Å². The van der Waals surface area contributed by atoms with Crippen molar-refractivity contribution in [3.63, 3.8) is 0 Å². The number of hydrogen-bond acceptors (Lipinski definition) is 4. The second-order valence-corrected chi connectivity index (χ2v) is 2.90. The normalized spacial score (nSPS) is 10.5. The van der Waals surface area contributed by atoms with E-state index in [2.05, 4.69) is 15.2 Å². The fraction of sp³-hybridized carbons (Fsp3) is 0. The van der Waals surface area contributed by atoms with E-state index in [-0.39, 0.29) is 23.0 Å². The van der Waals surface area contributed by atoms with Gasteiger partial charge in [-0.3, -0.25) is 5.10 Å². The Morgan fingerprint density at radius 1 is 1.13 bits per heavy atom. The van der Waals surface area contributed by atoms with E-state index in [1.165, 1.54) is 0 Å². The molecule has 0 radical (unpaired) electrons. The zero-order valence-electron chi connectivity index (χ0n) is 7.46. The molecule has 1 aromatic carbocycles. The molecule has 0 fully saturated rings. The minimum Gasteiger partial charge on any atom is -0.396 e. The molecule has 7 heteroatoms. The molecule has 0 atom stereocenters. The fourth-order valence-electron chi connectivity index (χ4n) is 1.14. The van der Waals surface area contributed by atoms with Crippen LogP contribution in [0.25, 0.3) is 11.4 Å². The van der Waals surface area contributed by atoms with Crippen molar-refractivity contribution < 1.29 is 8.78 Å². The quantitative estimate of drug-likeness (QED) is 0.611. The van der Waals surface area contributed by atoms with E-state index in [0.29, 0.717) is 6.07 Å². The molecule has 0 unspecified atom stereocenters. The van der Waals surface area contributed by atoms with E-state index in [1.807, 2.05) is 0 Å². The lowest BCUT2D eigenvalue weighted by molar-refractivity contribution is 0.588. The van der Waals surface area contributed by atoms with E-state index in [1.54, 1.807) is 0 Å². The number of aromatic nitrogens is 3. The van der Waals surface area contributed by atoms with Crippen molar-refractivity contribution in [1.82, 2.24) is 15.2 Å². The number of halogens is 2. The number of anilines is 2. The summed E-state index contributed by atoms with van der Waals surface area (Å²) in [4.78, 5) is 3.71. The number of nitrogen functional groups attached to an aromatic ring is 2. The number of nitrogens with one attached hydrogen (secondary N) is 1. The summed E-state index contributed by atoms with van der Waals surface area (Å²) in [6.45, 7) is 0. The number of rotatable bonds is 1. The number of nitrogens with zero attached hydrogens (tertiary/aromatic N) is 2. The van der Waals surface area contributed by atoms with Crippen molar-refractivity contribution >= 4 is 11.6 Å². The Balaban J connectivity index is 2.58. The number of benzene rings is 1. The van der Waals surface area contributed by atoms with Crippen molar-refractivity contribution in [3.8, 4) is 11.4 Å². The highest BCUT2D eigenvalue weighted by Gasteiger charge is 2.12. The van der Waals surface area contributed by atoms with Gasteiger partial charge in [0.15, 0.2) is 5.82 Å². The van der Waals surface area contributed by atoms with Gasteiger partial charge in [-0.2, -0.15) is 4.98 Å². The molecule has 0 amide bonds. The third kappa shape index (κ3) is 1.58. The Hall–Kier alpha value is -2.18. The molecular weight excluding hydrogens is 204 g/mol. The second kappa shape index (κ2) is 3.19. The molecule has 5 nitrogen and oxygen atoms in total. The van der Waals surface area contributed by atoms with Crippen LogP contribution in [0.15, 0.2) is 12.1 Å². The molecule has 2 aromatic rings. The molecule has 78 valence electrons. The monoisotopic (exact) mass is 211 g/mol. The maximum atomic E-state index is 13.3. The summed E-state index contributed by atoms with van der Waals surface area (Å²) in [6.07, 6.45) is 0. The molecule has 0 saturated carbocycles. The van der Waals surface area contributed by atoms with Crippen LogP contribution in [0.3, 0.4) is 0 Å². The molecule has 15 heavy (non-hydrogen) atoms. The number of H-pyrrole nitrogens is 1. The molecule has 0 aliphatic heterocycles. The second-order valence-electron chi connectivity index (χ2n) is 2.90. The lowest BCUT2D eigenvalue weighted by Gasteiger charge is -2.01. The van der Waals surface area contributed by atoms with Gasteiger partial charge in [0.2, 0.25) is 5.95 Å². The smallest absolute Gasteiger partial charge is 0.239 e. The molecule has 0 aliphatic carbocycles. The molecule has 0 saturated heterocycles. The maximum Gasteiger partial charge on any atom is 0.239 e. The first-order valence-corrected chi connectivity index (χ1v) is 4.00. The number of nitrogens with two attached hydrogens (primary N) is 2. The zero-order chi connectivity index (χ0) is 11.0. The van der Waals surface area contributed by atoms with Crippen LogP contribution in [0.4, 0.5) is 20.4 Å². The Kier molecular flexibility index (Phi) is 2.00. The Labute approximate surface area is 83.1 Å². The molecule has 0 bridgehead atoms. The van der Waals surface area contributed by atoms with Gasteiger partial charge < -0.3 is 11.5 Å². The number of aromatic amines is 1. The summed E-state index contributed by atoms with van der Waals surface area (Å²) in [5.41, 5.74) is 10.4. The van der Waals surface area contributed by atoms with Crippen molar-refractivity contribution in [2.24, 2.45) is 0 Å². The van der Waals surface area contributed by atoms with E-state index >= 15 is 0 Å². The van der Waals surface area contributed by atoms with Crippen LogP contribution in [0.1, 0.15) is 0 Å². The van der Waals surface area contributed by atoms with Crippen LogP contribution in [-0.2, 0) is 0 Å². The molecule has 2 rings (SSSR count). The minimum absolute atomic E-state index is 0.0210. The van der Waals surface area contributed by atoms with Crippen molar-refractivity contribution in [3.05, 3.63) is 23.8 Å². The predicted molar refractivity (Wildman–Crippen MR) is 50.6 cm³/mol. The van der Waals surface area contributed by atoms with Crippen molar-refractivity contribution in [2.45, 2.75) is 0 Å². The topological polar surface area (TPSA) is 93.6 Å². The fourth-order valence-corrected chi connectivity index (χ4v) is 1.14. The van der Waals surface area contributed by atoms with Gasteiger partial charge in [-0.15, -0.1) is 5.10 Å². The van der Waals surface area contributed by atoms with Gasteiger partial charge in [-0.1, -0.05) is 0 Å². The van der Waals surface area contributed by atoms with Crippen LogP contribution < -0.4 is 11.5 Å². The first-order chi connectivity index (χ1) is 7.08. The number of hydrogen-bond donors (Lipinski definition) is 3. The highest BCUT2D eigenvalue weighted by molar-refractivity contribution is 5.62. The van der Waals surface area contributed by atoms with Gasteiger partial charge in [-0.25, -0.2) is 8.78 Å². The van der Waals surface area contributed by atoms with Gasteiger partial charge in [0, 0.05) is 6.07 Å². The zero-order valence-corrected chi connectivity index (χ0v) is 7.46. The van der Waals surface area contributed by atoms with Crippen LogP contribution in [0, 0.1) is 11.6 Å². The van der Waals surface area contributed by atoms with E-state index in [4.69, 9.17) is 11.5 Å². The summed E-state index contributed by atoms with van der Waals surface area (Å²) < 4.78 is 26.1. The van der Waals surface area contributed by atoms with Crippen molar-refractivity contribution in [2.75, 3.05) is 11.5 Å².